The minimum absolute atomic E-state index is 0.116. The Bertz CT molecular complexity index is 1220. The Morgan fingerprint density at radius 1 is 0.935 bits per heavy atom. The Hall–Kier alpha value is -4.12. The lowest BCUT2D eigenvalue weighted by Gasteiger charge is -2.09. The summed E-state index contributed by atoms with van der Waals surface area (Å²) in [6.07, 6.45) is 3.09. The second-order valence-electron chi connectivity index (χ2n) is 6.82. The number of rotatable bonds is 8. The van der Waals surface area contributed by atoms with Crippen molar-refractivity contribution in [3.63, 3.8) is 0 Å². The summed E-state index contributed by atoms with van der Waals surface area (Å²) in [7, 11) is 1.57. The van der Waals surface area contributed by atoms with Gasteiger partial charge < -0.3 is 13.9 Å². The van der Waals surface area contributed by atoms with E-state index in [0.717, 1.165) is 5.39 Å². The van der Waals surface area contributed by atoms with Crippen LogP contribution in [0, 0.1) is 0 Å². The third-order valence-corrected chi connectivity index (χ3v) is 4.77. The highest BCUT2D eigenvalue weighted by Crippen LogP contribution is 2.22. The van der Waals surface area contributed by atoms with Crippen LogP contribution in [0.5, 0.6) is 11.5 Å². The highest BCUT2D eigenvalue weighted by Gasteiger charge is 2.11. The average Bonchev–Trinajstić information content (AvgIpc) is 3.26. The summed E-state index contributed by atoms with van der Waals surface area (Å²) < 4.78 is 16.4. The Kier molecular flexibility index (Phi) is 5.94. The van der Waals surface area contributed by atoms with Crippen molar-refractivity contribution in [3.05, 3.63) is 102 Å². The number of ether oxygens (including phenoxy) is 2. The molecule has 4 rings (SSSR count). The van der Waals surface area contributed by atoms with Crippen LogP contribution in [-0.2, 0) is 0 Å². The Morgan fingerprint density at radius 2 is 1.68 bits per heavy atom. The van der Waals surface area contributed by atoms with Gasteiger partial charge in [0.25, 0.3) is 0 Å². The van der Waals surface area contributed by atoms with E-state index in [9.17, 15) is 9.59 Å². The summed E-state index contributed by atoms with van der Waals surface area (Å²) >= 11 is 0. The van der Waals surface area contributed by atoms with Crippen molar-refractivity contribution < 1.29 is 23.5 Å². The minimum Gasteiger partial charge on any atom is -0.497 e. The van der Waals surface area contributed by atoms with Gasteiger partial charge in [0.1, 0.15) is 17.1 Å². The maximum atomic E-state index is 12.5. The average molecular weight is 412 g/mol. The van der Waals surface area contributed by atoms with Gasteiger partial charge >= 0.3 is 0 Å². The van der Waals surface area contributed by atoms with Crippen molar-refractivity contribution in [2.75, 3.05) is 13.7 Å². The maximum Gasteiger partial charge on any atom is 0.221 e. The van der Waals surface area contributed by atoms with E-state index in [1.54, 1.807) is 49.6 Å². The number of methoxy groups -OCH3 is 1. The molecule has 0 bridgehead atoms. The first-order valence-corrected chi connectivity index (χ1v) is 9.74. The second kappa shape index (κ2) is 9.13. The van der Waals surface area contributed by atoms with Crippen molar-refractivity contribution in [2.45, 2.75) is 0 Å². The normalized spacial score (nSPS) is 11.0. The van der Waals surface area contributed by atoms with Crippen LogP contribution in [-0.4, -0.2) is 25.3 Å². The summed E-state index contributed by atoms with van der Waals surface area (Å²) in [6.45, 7) is -0.116. The van der Waals surface area contributed by atoms with Crippen molar-refractivity contribution in [2.24, 2.45) is 0 Å². The standard InChI is InChI=1S/C26H20O5/c1-29-21-13-10-18(11-14-21)23(28)17-30-24-8-4-2-6-19(24)12-15-22(27)26-16-20-7-3-5-9-25(20)31-26/h2-16H,17H2,1H3. The summed E-state index contributed by atoms with van der Waals surface area (Å²) in [6, 6.07) is 23.3. The third kappa shape index (κ3) is 4.73. The van der Waals surface area contributed by atoms with E-state index >= 15 is 0 Å². The van der Waals surface area contributed by atoms with Crippen LogP contribution < -0.4 is 9.47 Å². The quantitative estimate of drug-likeness (QED) is 0.278. The van der Waals surface area contributed by atoms with Gasteiger partial charge in [-0.3, -0.25) is 9.59 Å². The zero-order valence-corrected chi connectivity index (χ0v) is 16.9. The van der Waals surface area contributed by atoms with Gasteiger partial charge in [-0.2, -0.15) is 0 Å². The van der Waals surface area contributed by atoms with Crippen LogP contribution in [0.2, 0.25) is 0 Å². The molecule has 0 saturated heterocycles. The number of allylic oxidation sites excluding steroid dienone is 1. The molecule has 154 valence electrons. The number of hydrogen-bond donors (Lipinski definition) is 0. The van der Waals surface area contributed by atoms with Crippen molar-refractivity contribution in [1.29, 1.82) is 0 Å². The fraction of sp³-hybridized carbons (Fsp3) is 0.0769. The molecular weight excluding hydrogens is 392 g/mol. The van der Waals surface area contributed by atoms with Crippen molar-refractivity contribution in [1.82, 2.24) is 0 Å². The largest absolute Gasteiger partial charge is 0.497 e. The van der Waals surface area contributed by atoms with E-state index in [1.165, 1.54) is 6.08 Å². The van der Waals surface area contributed by atoms with Gasteiger partial charge in [0.05, 0.1) is 7.11 Å². The molecule has 3 aromatic carbocycles. The third-order valence-electron chi connectivity index (χ3n) is 4.77. The fourth-order valence-electron chi connectivity index (χ4n) is 3.10. The molecule has 4 aromatic rings. The van der Waals surface area contributed by atoms with E-state index in [4.69, 9.17) is 13.9 Å². The van der Waals surface area contributed by atoms with Crippen LogP contribution in [0.15, 0.2) is 89.4 Å². The molecule has 0 spiro atoms. The summed E-state index contributed by atoms with van der Waals surface area (Å²) in [5, 5.41) is 0.875. The number of furan rings is 1. The second-order valence-corrected chi connectivity index (χ2v) is 6.82. The van der Waals surface area contributed by atoms with Gasteiger partial charge in [-0.25, -0.2) is 0 Å². The zero-order chi connectivity index (χ0) is 21.6. The molecule has 0 N–H and O–H groups in total. The van der Waals surface area contributed by atoms with E-state index < -0.39 is 0 Å². The molecule has 0 aliphatic rings. The number of Topliss-reactive ketones (excluding diaryl/α,β-unsaturated/α-hetero) is 1. The molecule has 5 nitrogen and oxygen atoms in total. The molecule has 0 saturated carbocycles. The lowest BCUT2D eigenvalue weighted by Crippen LogP contribution is -2.12. The van der Waals surface area contributed by atoms with Crippen LogP contribution in [0.3, 0.4) is 0 Å². The number of fused-ring (bicyclic) bond motifs is 1. The minimum atomic E-state index is -0.250. The first kappa shape index (κ1) is 20.2. The predicted octanol–water partition coefficient (Wildman–Crippen LogP) is 5.60. The van der Waals surface area contributed by atoms with Gasteiger partial charge in [-0.1, -0.05) is 36.4 Å². The van der Waals surface area contributed by atoms with Gasteiger partial charge in [0, 0.05) is 16.5 Å². The molecule has 0 amide bonds. The van der Waals surface area contributed by atoms with Crippen LogP contribution in [0.1, 0.15) is 26.5 Å². The first-order chi connectivity index (χ1) is 15.1. The highest BCUT2D eigenvalue weighted by molar-refractivity contribution is 6.07. The molecule has 1 heterocycles. The topological polar surface area (TPSA) is 65.7 Å². The number of ketones is 2. The smallest absolute Gasteiger partial charge is 0.221 e. The molecule has 0 aliphatic heterocycles. The summed E-state index contributed by atoms with van der Waals surface area (Å²) in [5.74, 6) is 1.06. The van der Waals surface area contributed by atoms with Crippen LogP contribution in [0.25, 0.3) is 17.0 Å². The SMILES string of the molecule is COc1ccc(C(=O)COc2ccccc2C=CC(=O)c2cc3ccccc3o2)cc1. The number of carbonyl (C=O) groups excluding carboxylic acids is 2. The van der Waals surface area contributed by atoms with E-state index in [2.05, 4.69) is 0 Å². The van der Waals surface area contributed by atoms with Gasteiger partial charge in [0.2, 0.25) is 5.78 Å². The van der Waals surface area contributed by atoms with Crippen LogP contribution in [0.4, 0.5) is 0 Å². The lowest BCUT2D eigenvalue weighted by molar-refractivity contribution is 0.0920. The van der Waals surface area contributed by atoms with Gasteiger partial charge in [0.15, 0.2) is 18.2 Å². The predicted molar refractivity (Wildman–Crippen MR) is 119 cm³/mol. The van der Waals surface area contributed by atoms with Gasteiger partial charge in [-0.15, -0.1) is 0 Å². The maximum absolute atomic E-state index is 12.5. The Balaban J connectivity index is 1.45. The number of hydrogen-bond acceptors (Lipinski definition) is 5. The molecule has 1 aromatic heterocycles. The molecule has 0 unspecified atom stereocenters. The lowest BCUT2D eigenvalue weighted by atomic mass is 10.1. The number of carbonyl (C=O) groups is 2. The van der Waals surface area contributed by atoms with E-state index in [-0.39, 0.29) is 23.9 Å². The first-order valence-electron chi connectivity index (χ1n) is 9.74. The molecule has 0 radical (unpaired) electrons. The van der Waals surface area contributed by atoms with E-state index in [1.807, 2.05) is 42.5 Å². The summed E-state index contributed by atoms with van der Waals surface area (Å²) in [5.41, 5.74) is 1.89. The van der Waals surface area contributed by atoms with Crippen LogP contribution >= 0.6 is 0 Å². The van der Waals surface area contributed by atoms with Crippen molar-refractivity contribution >= 4 is 28.6 Å². The molecule has 31 heavy (non-hydrogen) atoms. The summed E-state index contributed by atoms with van der Waals surface area (Å²) in [4.78, 5) is 24.9. The Labute approximate surface area is 179 Å². The molecular formula is C26H20O5. The Morgan fingerprint density at radius 3 is 2.45 bits per heavy atom. The molecule has 5 heteroatoms. The van der Waals surface area contributed by atoms with Crippen molar-refractivity contribution in [3.8, 4) is 11.5 Å². The van der Waals surface area contributed by atoms with E-state index in [0.29, 0.717) is 28.2 Å². The molecule has 0 fully saturated rings. The number of para-hydroxylation sites is 2. The number of benzene rings is 3. The molecule has 0 aliphatic carbocycles. The highest BCUT2D eigenvalue weighted by atomic mass is 16.5. The fourth-order valence-corrected chi connectivity index (χ4v) is 3.10. The molecule has 0 atom stereocenters. The monoisotopic (exact) mass is 412 g/mol. The zero-order valence-electron chi connectivity index (χ0n) is 16.9. The van der Waals surface area contributed by atoms with Gasteiger partial charge in [-0.05, 0) is 54.6 Å².